The van der Waals surface area contributed by atoms with Crippen LogP contribution in [0.4, 0.5) is 0 Å². The van der Waals surface area contributed by atoms with Crippen molar-refractivity contribution in [2.24, 2.45) is 0 Å². The average Bonchev–Trinajstić information content (AvgIpc) is 2.87. The monoisotopic (exact) mass is 448 g/mol. The van der Waals surface area contributed by atoms with E-state index in [1.165, 1.54) is 0 Å². The summed E-state index contributed by atoms with van der Waals surface area (Å²) in [5, 5.41) is 11.1. The van der Waals surface area contributed by atoms with Gasteiger partial charge in [0.25, 0.3) is 5.91 Å². The minimum Gasteiger partial charge on any atom is -0.341 e. The van der Waals surface area contributed by atoms with Gasteiger partial charge in [-0.05, 0) is 32.0 Å². The number of aryl methyl sites for hydroxylation is 1. The Morgan fingerprint density at radius 1 is 1.32 bits per heavy atom. The van der Waals surface area contributed by atoms with Gasteiger partial charge < -0.3 is 5.32 Å². The zero-order valence-electron chi connectivity index (χ0n) is 12.1. The molecule has 2 rings (SSSR count). The van der Waals surface area contributed by atoms with Gasteiger partial charge in [0.15, 0.2) is 0 Å². The molecule has 0 saturated carbocycles. The van der Waals surface area contributed by atoms with Crippen molar-refractivity contribution < 1.29 is 4.79 Å². The Morgan fingerprint density at radius 2 is 1.95 bits per heavy atom. The summed E-state index contributed by atoms with van der Waals surface area (Å²) in [6, 6.07) is 5.40. The van der Waals surface area contributed by atoms with Gasteiger partial charge in [-0.2, -0.15) is 0 Å². The highest BCUT2D eigenvalue weighted by atomic mass is 79.9. The number of nitrogens with zero attached hydrogens (tertiary/aromatic N) is 3. The molecular formula is C14H15Br2ClN4O. The lowest BCUT2D eigenvalue weighted by Crippen LogP contribution is -2.41. The van der Waals surface area contributed by atoms with Gasteiger partial charge in [-0.1, -0.05) is 37.1 Å². The summed E-state index contributed by atoms with van der Waals surface area (Å²) in [7, 11) is 0. The fourth-order valence-electron chi connectivity index (χ4n) is 1.89. The summed E-state index contributed by atoms with van der Waals surface area (Å²) in [6.07, 6.45) is 1.79. The van der Waals surface area contributed by atoms with Crippen LogP contribution in [0.5, 0.6) is 0 Å². The standard InChI is InChI=1S/C14H15Br2ClN4O/c1-14(2,12-8-21(4-3-17)20-19-12)18-13(22)9-5-10(15)7-11(16)6-9/h5-8H,3-4H2,1-2H3,(H,18,22). The number of carbonyl (C=O) groups excluding carboxylic acids is 1. The van der Waals surface area contributed by atoms with Crippen molar-refractivity contribution in [3.63, 3.8) is 0 Å². The molecule has 0 atom stereocenters. The largest absolute Gasteiger partial charge is 0.341 e. The van der Waals surface area contributed by atoms with E-state index < -0.39 is 5.54 Å². The molecule has 1 aromatic carbocycles. The van der Waals surface area contributed by atoms with Gasteiger partial charge in [0.1, 0.15) is 5.69 Å². The number of alkyl halides is 1. The van der Waals surface area contributed by atoms with E-state index in [0.717, 1.165) is 8.95 Å². The number of aromatic nitrogens is 3. The van der Waals surface area contributed by atoms with Crippen LogP contribution in [0.1, 0.15) is 29.9 Å². The van der Waals surface area contributed by atoms with E-state index in [1.54, 1.807) is 23.0 Å². The third kappa shape index (κ3) is 4.30. The summed E-state index contributed by atoms with van der Waals surface area (Å²) in [4.78, 5) is 12.4. The Kier molecular flexibility index (Phi) is 5.63. The van der Waals surface area contributed by atoms with Gasteiger partial charge in [-0.25, -0.2) is 0 Å². The normalized spacial score (nSPS) is 11.5. The third-order valence-electron chi connectivity index (χ3n) is 3.04. The fraction of sp³-hybridized carbons (Fsp3) is 0.357. The quantitative estimate of drug-likeness (QED) is 0.707. The number of benzene rings is 1. The Hall–Kier alpha value is -0.920. The molecule has 0 radical (unpaired) electrons. The number of amides is 1. The summed E-state index contributed by atoms with van der Waals surface area (Å²) in [6.45, 7) is 4.34. The SMILES string of the molecule is CC(C)(NC(=O)c1cc(Br)cc(Br)c1)c1cn(CCCl)nn1. The Morgan fingerprint density at radius 3 is 2.55 bits per heavy atom. The molecule has 5 nitrogen and oxygen atoms in total. The second-order valence-corrected chi connectivity index (χ2v) is 7.50. The molecule has 0 saturated heterocycles. The van der Waals surface area contributed by atoms with Crippen molar-refractivity contribution in [2.45, 2.75) is 25.9 Å². The van der Waals surface area contributed by atoms with Crippen molar-refractivity contribution in [3.8, 4) is 0 Å². The molecule has 22 heavy (non-hydrogen) atoms. The number of nitrogens with one attached hydrogen (secondary N) is 1. The Bertz CT molecular complexity index is 667. The molecule has 0 fully saturated rings. The first-order chi connectivity index (χ1) is 10.3. The van der Waals surface area contributed by atoms with Gasteiger partial charge in [0.2, 0.25) is 0 Å². The number of hydrogen-bond acceptors (Lipinski definition) is 3. The van der Waals surface area contributed by atoms with E-state index in [-0.39, 0.29) is 5.91 Å². The molecule has 2 aromatic rings. The van der Waals surface area contributed by atoms with Crippen LogP contribution < -0.4 is 5.32 Å². The molecule has 0 unspecified atom stereocenters. The third-order valence-corrected chi connectivity index (χ3v) is 4.13. The minimum atomic E-state index is -0.642. The minimum absolute atomic E-state index is 0.182. The topological polar surface area (TPSA) is 59.8 Å². The Balaban J connectivity index is 2.17. The lowest BCUT2D eigenvalue weighted by Gasteiger charge is -2.23. The molecule has 0 aliphatic carbocycles. The molecule has 0 spiro atoms. The molecule has 1 heterocycles. The maximum atomic E-state index is 12.4. The second-order valence-electron chi connectivity index (χ2n) is 5.29. The first-order valence-corrected chi connectivity index (χ1v) is 8.69. The zero-order valence-corrected chi connectivity index (χ0v) is 16.0. The molecular weight excluding hydrogens is 435 g/mol. The van der Waals surface area contributed by atoms with E-state index in [9.17, 15) is 4.79 Å². The van der Waals surface area contributed by atoms with Crippen molar-refractivity contribution in [1.29, 1.82) is 0 Å². The predicted molar refractivity (Wildman–Crippen MR) is 93.1 cm³/mol. The highest BCUT2D eigenvalue weighted by Crippen LogP contribution is 2.22. The van der Waals surface area contributed by atoms with Gasteiger partial charge in [-0.3, -0.25) is 9.48 Å². The van der Waals surface area contributed by atoms with Crippen LogP contribution in [0.3, 0.4) is 0 Å². The van der Waals surface area contributed by atoms with Gasteiger partial charge >= 0.3 is 0 Å². The molecule has 118 valence electrons. The highest BCUT2D eigenvalue weighted by molar-refractivity contribution is 9.11. The summed E-state index contributed by atoms with van der Waals surface area (Å²) in [5.74, 6) is 0.278. The van der Waals surface area contributed by atoms with Crippen molar-refractivity contribution in [2.75, 3.05) is 5.88 Å². The summed E-state index contributed by atoms with van der Waals surface area (Å²) in [5.41, 5.74) is 0.596. The van der Waals surface area contributed by atoms with E-state index in [2.05, 4.69) is 47.5 Å². The van der Waals surface area contributed by atoms with Crippen LogP contribution in [0.25, 0.3) is 0 Å². The first-order valence-electron chi connectivity index (χ1n) is 6.57. The summed E-state index contributed by atoms with van der Waals surface area (Å²) < 4.78 is 3.32. The highest BCUT2D eigenvalue weighted by Gasteiger charge is 2.27. The molecule has 1 amide bonds. The second kappa shape index (κ2) is 7.10. The van der Waals surface area contributed by atoms with Crippen LogP contribution >= 0.6 is 43.5 Å². The van der Waals surface area contributed by atoms with E-state index in [0.29, 0.717) is 23.7 Å². The van der Waals surface area contributed by atoms with Crippen LogP contribution in [0.15, 0.2) is 33.3 Å². The maximum Gasteiger partial charge on any atom is 0.252 e. The summed E-state index contributed by atoms with van der Waals surface area (Å²) >= 11 is 12.4. The van der Waals surface area contributed by atoms with Gasteiger partial charge in [0.05, 0.1) is 18.3 Å². The van der Waals surface area contributed by atoms with Crippen molar-refractivity contribution in [3.05, 3.63) is 44.6 Å². The van der Waals surface area contributed by atoms with Crippen LogP contribution in [0.2, 0.25) is 0 Å². The van der Waals surface area contributed by atoms with Gasteiger partial charge in [-0.15, -0.1) is 16.7 Å². The first kappa shape index (κ1) is 17.4. The smallest absolute Gasteiger partial charge is 0.252 e. The van der Waals surface area contributed by atoms with E-state index in [1.807, 2.05) is 19.9 Å². The lowest BCUT2D eigenvalue weighted by molar-refractivity contribution is 0.0910. The van der Waals surface area contributed by atoms with Crippen molar-refractivity contribution >= 4 is 49.4 Å². The molecule has 0 aliphatic rings. The van der Waals surface area contributed by atoms with Crippen molar-refractivity contribution in [1.82, 2.24) is 20.3 Å². The molecule has 8 heteroatoms. The predicted octanol–water partition coefficient (Wildman–Crippen LogP) is 3.71. The molecule has 1 aromatic heterocycles. The molecule has 0 aliphatic heterocycles. The van der Waals surface area contributed by atoms with Crippen LogP contribution in [0, 0.1) is 0 Å². The van der Waals surface area contributed by atoms with Crippen LogP contribution in [-0.4, -0.2) is 26.8 Å². The number of carbonyl (C=O) groups is 1. The fourth-order valence-corrected chi connectivity index (χ4v) is 3.35. The number of halogens is 3. The number of rotatable bonds is 5. The van der Waals surface area contributed by atoms with E-state index in [4.69, 9.17) is 11.6 Å². The molecule has 0 bridgehead atoms. The molecule has 1 N–H and O–H groups in total. The number of hydrogen-bond donors (Lipinski definition) is 1. The van der Waals surface area contributed by atoms with E-state index >= 15 is 0 Å². The van der Waals surface area contributed by atoms with Gasteiger partial charge in [0, 0.05) is 20.4 Å². The average molecular weight is 451 g/mol. The van der Waals surface area contributed by atoms with Crippen LogP contribution in [-0.2, 0) is 12.1 Å². The maximum absolute atomic E-state index is 12.4. The Labute approximate surface area is 150 Å². The zero-order chi connectivity index (χ0) is 16.3. The lowest BCUT2D eigenvalue weighted by atomic mass is 10.0.